The zero-order valence-corrected chi connectivity index (χ0v) is 15.9. The monoisotopic (exact) mass is 389 g/mol. The maximum atomic E-state index is 13.5. The predicted octanol–water partition coefficient (Wildman–Crippen LogP) is 4.75. The number of halogens is 2. The van der Waals surface area contributed by atoms with Crippen LogP contribution < -0.4 is 4.90 Å². The summed E-state index contributed by atoms with van der Waals surface area (Å²) in [6.07, 6.45) is 0. The van der Waals surface area contributed by atoms with Crippen LogP contribution in [0.5, 0.6) is 0 Å². The lowest BCUT2D eigenvalue weighted by atomic mass is 9.96. The second kappa shape index (κ2) is 8.42. The Labute approximate surface area is 169 Å². The summed E-state index contributed by atoms with van der Waals surface area (Å²) in [7, 11) is 0. The van der Waals surface area contributed by atoms with Crippen LogP contribution >= 0.6 is 0 Å². The number of nitriles is 1. The standard InChI is InChI=1S/C24H21F2N3/c25-21-9-5-18(6-10-21)24(19-7-11-22(26)12-8-19)29-15-13-28(14-16-29)23-4-2-1-3-20(23)17-27/h1-12,24H,13-16H2. The molecule has 0 aliphatic carbocycles. The van der Waals surface area contributed by atoms with Gasteiger partial charge in [0.15, 0.2) is 0 Å². The van der Waals surface area contributed by atoms with Gasteiger partial charge >= 0.3 is 0 Å². The van der Waals surface area contributed by atoms with Crippen LogP contribution in [0.3, 0.4) is 0 Å². The third kappa shape index (κ3) is 4.13. The molecule has 0 saturated carbocycles. The van der Waals surface area contributed by atoms with Crippen LogP contribution in [-0.2, 0) is 0 Å². The summed E-state index contributed by atoms with van der Waals surface area (Å²) in [4.78, 5) is 4.55. The molecule has 0 spiro atoms. The summed E-state index contributed by atoms with van der Waals surface area (Å²) < 4.78 is 26.9. The number of rotatable bonds is 4. The summed E-state index contributed by atoms with van der Waals surface area (Å²) in [5, 5.41) is 9.38. The quantitative estimate of drug-likeness (QED) is 0.645. The maximum Gasteiger partial charge on any atom is 0.123 e. The Morgan fingerprint density at radius 2 is 1.24 bits per heavy atom. The highest BCUT2D eigenvalue weighted by Crippen LogP contribution is 2.31. The predicted molar refractivity (Wildman–Crippen MR) is 110 cm³/mol. The van der Waals surface area contributed by atoms with E-state index in [4.69, 9.17) is 0 Å². The minimum Gasteiger partial charge on any atom is -0.368 e. The number of piperazine rings is 1. The SMILES string of the molecule is N#Cc1ccccc1N1CCN(C(c2ccc(F)cc2)c2ccc(F)cc2)CC1. The van der Waals surface area contributed by atoms with Gasteiger partial charge in [0.2, 0.25) is 0 Å². The van der Waals surface area contributed by atoms with Crippen molar-refractivity contribution in [2.75, 3.05) is 31.1 Å². The lowest BCUT2D eigenvalue weighted by Gasteiger charge is -2.41. The largest absolute Gasteiger partial charge is 0.368 e. The normalized spacial score (nSPS) is 14.8. The van der Waals surface area contributed by atoms with Crippen molar-refractivity contribution in [2.24, 2.45) is 0 Å². The molecule has 0 amide bonds. The number of para-hydroxylation sites is 1. The van der Waals surface area contributed by atoms with Gasteiger partial charge in [-0.05, 0) is 47.5 Å². The highest BCUT2D eigenvalue weighted by Gasteiger charge is 2.27. The van der Waals surface area contributed by atoms with Crippen molar-refractivity contribution in [3.05, 3.63) is 101 Å². The van der Waals surface area contributed by atoms with Crippen LogP contribution in [-0.4, -0.2) is 31.1 Å². The molecule has 0 atom stereocenters. The first-order valence-corrected chi connectivity index (χ1v) is 9.65. The molecule has 0 bridgehead atoms. The molecule has 0 radical (unpaired) electrons. The van der Waals surface area contributed by atoms with Crippen molar-refractivity contribution < 1.29 is 8.78 Å². The Bertz CT molecular complexity index is 956. The van der Waals surface area contributed by atoms with Crippen LogP contribution in [0.25, 0.3) is 0 Å². The molecule has 1 fully saturated rings. The number of hydrogen-bond acceptors (Lipinski definition) is 3. The van der Waals surface area contributed by atoms with Crippen molar-refractivity contribution in [3.8, 4) is 6.07 Å². The van der Waals surface area contributed by atoms with Crippen molar-refractivity contribution in [2.45, 2.75) is 6.04 Å². The zero-order valence-electron chi connectivity index (χ0n) is 15.9. The number of hydrogen-bond donors (Lipinski definition) is 0. The first kappa shape index (κ1) is 19.1. The van der Waals surface area contributed by atoms with E-state index in [9.17, 15) is 14.0 Å². The molecule has 3 aromatic rings. The third-order valence-corrected chi connectivity index (χ3v) is 5.42. The second-order valence-corrected chi connectivity index (χ2v) is 7.16. The zero-order chi connectivity index (χ0) is 20.2. The maximum absolute atomic E-state index is 13.5. The summed E-state index contributed by atoms with van der Waals surface area (Å²) in [6.45, 7) is 3.10. The van der Waals surface area contributed by atoms with E-state index in [1.165, 1.54) is 24.3 Å². The Kier molecular flexibility index (Phi) is 5.55. The van der Waals surface area contributed by atoms with Gasteiger partial charge in [-0.25, -0.2) is 8.78 Å². The van der Waals surface area contributed by atoms with E-state index in [1.54, 1.807) is 24.3 Å². The van der Waals surface area contributed by atoms with Crippen LogP contribution in [0.4, 0.5) is 14.5 Å². The molecule has 1 saturated heterocycles. The smallest absolute Gasteiger partial charge is 0.123 e. The van der Waals surface area contributed by atoms with Crippen LogP contribution in [0.15, 0.2) is 72.8 Å². The lowest BCUT2D eigenvalue weighted by molar-refractivity contribution is 0.212. The molecule has 3 nitrogen and oxygen atoms in total. The van der Waals surface area contributed by atoms with Crippen molar-refractivity contribution in [1.29, 1.82) is 5.26 Å². The molecule has 3 aromatic carbocycles. The Hall–Kier alpha value is -3.23. The van der Waals surface area contributed by atoms with Gasteiger partial charge in [-0.15, -0.1) is 0 Å². The molecular formula is C24H21F2N3. The van der Waals surface area contributed by atoms with Gasteiger partial charge in [-0.1, -0.05) is 36.4 Å². The third-order valence-electron chi connectivity index (χ3n) is 5.42. The summed E-state index contributed by atoms with van der Waals surface area (Å²) in [5.41, 5.74) is 3.58. The van der Waals surface area contributed by atoms with Gasteiger partial charge < -0.3 is 4.90 Å². The minimum atomic E-state index is -0.274. The summed E-state index contributed by atoms with van der Waals surface area (Å²) >= 11 is 0. The number of anilines is 1. The average Bonchev–Trinajstić information content (AvgIpc) is 2.77. The fourth-order valence-electron chi connectivity index (χ4n) is 3.97. The minimum absolute atomic E-state index is 0.0791. The summed E-state index contributed by atoms with van der Waals surface area (Å²) in [5.74, 6) is -0.547. The van der Waals surface area contributed by atoms with Crippen molar-refractivity contribution >= 4 is 5.69 Å². The second-order valence-electron chi connectivity index (χ2n) is 7.16. The van der Waals surface area contributed by atoms with E-state index < -0.39 is 0 Å². The highest BCUT2D eigenvalue weighted by molar-refractivity contribution is 5.59. The van der Waals surface area contributed by atoms with E-state index in [0.29, 0.717) is 5.56 Å². The number of benzene rings is 3. The molecule has 146 valence electrons. The van der Waals surface area contributed by atoms with Crippen LogP contribution in [0.2, 0.25) is 0 Å². The molecule has 29 heavy (non-hydrogen) atoms. The summed E-state index contributed by atoms with van der Waals surface area (Å²) in [6, 6.07) is 22.8. The number of nitrogens with zero attached hydrogens (tertiary/aromatic N) is 3. The fourth-order valence-corrected chi connectivity index (χ4v) is 3.97. The van der Waals surface area contributed by atoms with Gasteiger partial charge in [-0.3, -0.25) is 4.90 Å². The molecule has 0 N–H and O–H groups in total. The van der Waals surface area contributed by atoms with E-state index in [1.807, 2.05) is 24.3 Å². The Balaban J connectivity index is 1.59. The van der Waals surface area contributed by atoms with Crippen molar-refractivity contribution in [1.82, 2.24) is 4.90 Å². The first-order chi connectivity index (χ1) is 14.2. The van der Waals surface area contributed by atoms with E-state index in [-0.39, 0.29) is 17.7 Å². The molecular weight excluding hydrogens is 368 g/mol. The van der Waals surface area contributed by atoms with Crippen LogP contribution in [0, 0.1) is 23.0 Å². The molecule has 5 heteroatoms. The lowest BCUT2D eigenvalue weighted by Crippen LogP contribution is -2.48. The molecule has 0 unspecified atom stereocenters. The first-order valence-electron chi connectivity index (χ1n) is 9.65. The van der Waals surface area contributed by atoms with Crippen molar-refractivity contribution in [3.63, 3.8) is 0 Å². The van der Waals surface area contributed by atoms with Gasteiger partial charge in [0, 0.05) is 26.2 Å². The van der Waals surface area contributed by atoms with E-state index in [0.717, 1.165) is 43.0 Å². The topological polar surface area (TPSA) is 30.3 Å². The van der Waals surface area contributed by atoms with Gasteiger partial charge in [0.25, 0.3) is 0 Å². The highest BCUT2D eigenvalue weighted by atomic mass is 19.1. The Morgan fingerprint density at radius 1 is 0.724 bits per heavy atom. The fraction of sp³-hybridized carbons (Fsp3) is 0.208. The molecule has 1 aliphatic heterocycles. The molecule has 0 aromatic heterocycles. The molecule has 1 aliphatic rings. The van der Waals surface area contributed by atoms with Gasteiger partial charge in [0.05, 0.1) is 17.3 Å². The average molecular weight is 389 g/mol. The van der Waals surface area contributed by atoms with Gasteiger partial charge in [-0.2, -0.15) is 5.26 Å². The Morgan fingerprint density at radius 3 is 1.76 bits per heavy atom. The molecule has 4 rings (SSSR count). The van der Waals surface area contributed by atoms with Gasteiger partial charge in [0.1, 0.15) is 17.7 Å². The van der Waals surface area contributed by atoms with E-state index >= 15 is 0 Å². The van der Waals surface area contributed by atoms with Crippen LogP contribution in [0.1, 0.15) is 22.7 Å². The molecule has 1 heterocycles. The van der Waals surface area contributed by atoms with E-state index in [2.05, 4.69) is 15.9 Å².